The van der Waals surface area contributed by atoms with Gasteiger partial charge in [0.15, 0.2) is 0 Å². The van der Waals surface area contributed by atoms with Crippen LogP contribution in [-0.4, -0.2) is 21.9 Å². The highest BCUT2D eigenvalue weighted by molar-refractivity contribution is 7.13. The molecule has 0 aliphatic carbocycles. The van der Waals surface area contributed by atoms with E-state index in [4.69, 9.17) is 11.6 Å². The van der Waals surface area contributed by atoms with Crippen molar-refractivity contribution in [3.8, 4) is 0 Å². The summed E-state index contributed by atoms with van der Waals surface area (Å²) in [5, 5.41) is 13.6. The predicted molar refractivity (Wildman–Crippen MR) is 91.0 cm³/mol. The van der Waals surface area contributed by atoms with Gasteiger partial charge in [-0.1, -0.05) is 17.7 Å². The van der Waals surface area contributed by atoms with Crippen LogP contribution in [0.25, 0.3) is 0 Å². The second-order valence-corrected chi connectivity index (χ2v) is 6.90. The summed E-state index contributed by atoms with van der Waals surface area (Å²) in [5.74, 6) is -1.07. The number of carboxylic acids is 1. The Balaban J connectivity index is 2.14. The molecule has 24 heavy (non-hydrogen) atoms. The number of hydrogen-bond acceptors (Lipinski definition) is 5. The van der Waals surface area contributed by atoms with E-state index < -0.39 is 17.8 Å². The molecule has 1 aliphatic rings. The largest absolute Gasteiger partial charge is 0.478 e. The van der Waals surface area contributed by atoms with E-state index >= 15 is 0 Å². The molecule has 0 amide bonds. The third-order valence-electron chi connectivity index (χ3n) is 3.58. The molecule has 5 nitrogen and oxygen atoms in total. The van der Waals surface area contributed by atoms with Crippen molar-refractivity contribution in [2.24, 2.45) is 4.99 Å². The van der Waals surface area contributed by atoms with Crippen LogP contribution in [0.1, 0.15) is 28.4 Å². The van der Waals surface area contributed by atoms with Crippen molar-refractivity contribution in [2.75, 3.05) is 0 Å². The highest BCUT2D eigenvalue weighted by Crippen LogP contribution is 2.36. The average molecular weight is 366 g/mol. The van der Waals surface area contributed by atoms with Gasteiger partial charge in [-0.3, -0.25) is 4.99 Å². The van der Waals surface area contributed by atoms with Gasteiger partial charge in [-0.05, 0) is 26.0 Å². The molecule has 3 rings (SSSR count). The van der Waals surface area contributed by atoms with E-state index in [0.717, 1.165) is 16.0 Å². The minimum absolute atomic E-state index is 0.0773. The second kappa shape index (κ2) is 6.33. The van der Waals surface area contributed by atoms with Gasteiger partial charge >= 0.3 is 5.97 Å². The normalized spacial score (nSPS) is 17.5. The standard InChI is InChI=1S/C16H13ClFN3O2S/c1-7-13(16(22)23)14(10-4-3-9(18)5-11(10)17)21-15(20-7)12-6-19-8(2)24-12/h3-6,14H,1-2H3,(H,20,21)(H,22,23). The number of rotatable bonds is 3. The summed E-state index contributed by atoms with van der Waals surface area (Å²) in [5.41, 5.74) is 0.979. The number of aryl methyl sites for hydroxylation is 1. The van der Waals surface area contributed by atoms with Crippen molar-refractivity contribution >= 4 is 34.7 Å². The Bertz CT molecular complexity index is 891. The Labute approximate surface area is 146 Å². The maximum Gasteiger partial charge on any atom is 0.335 e. The first kappa shape index (κ1) is 16.6. The van der Waals surface area contributed by atoms with Crippen LogP contribution in [0.3, 0.4) is 0 Å². The number of halogens is 2. The fourth-order valence-corrected chi connectivity index (χ4v) is 3.50. The number of thiazole rings is 1. The van der Waals surface area contributed by atoms with Gasteiger partial charge in [-0.15, -0.1) is 11.3 Å². The molecule has 1 aromatic heterocycles. The number of carbonyl (C=O) groups is 1. The van der Waals surface area contributed by atoms with Crippen molar-refractivity contribution in [2.45, 2.75) is 19.9 Å². The third-order valence-corrected chi connectivity index (χ3v) is 4.83. The molecule has 0 fully saturated rings. The lowest BCUT2D eigenvalue weighted by atomic mass is 9.96. The van der Waals surface area contributed by atoms with E-state index in [1.54, 1.807) is 13.1 Å². The number of aromatic nitrogens is 1. The summed E-state index contributed by atoms with van der Waals surface area (Å²) in [4.78, 5) is 21.2. The van der Waals surface area contributed by atoms with Gasteiger partial charge in [0.2, 0.25) is 0 Å². The van der Waals surface area contributed by atoms with Crippen molar-refractivity contribution < 1.29 is 14.3 Å². The molecule has 2 heterocycles. The van der Waals surface area contributed by atoms with E-state index in [2.05, 4.69) is 15.3 Å². The van der Waals surface area contributed by atoms with Gasteiger partial charge in [-0.2, -0.15) is 0 Å². The molecule has 8 heteroatoms. The number of benzene rings is 1. The zero-order valence-corrected chi connectivity index (χ0v) is 14.4. The van der Waals surface area contributed by atoms with Crippen LogP contribution in [-0.2, 0) is 4.79 Å². The second-order valence-electron chi connectivity index (χ2n) is 5.26. The quantitative estimate of drug-likeness (QED) is 0.869. The molecule has 0 spiro atoms. The van der Waals surface area contributed by atoms with Crippen LogP contribution in [0.5, 0.6) is 0 Å². The number of aliphatic carboxylic acids is 1. The van der Waals surface area contributed by atoms with E-state index in [9.17, 15) is 14.3 Å². The predicted octanol–water partition coefficient (Wildman–Crippen LogP) is 3.69. The van der Waals surface area contributed by atoms with Crippen LogP contribution in [0, 0.1) is 12.7 Å². The summed E-state index contributed by atoms with van der Waals surface area (Å²) in [6.45, 7) is 3.54. The minimum atomic E-state index is -1.10. The van der Waals surface area contributed by atoms with Gasteiger partial charge < -0.3 is 10.4 Å². The molecule has 1 atom stereocenters. The Hall–Kier alpha value is -2.25. The first-order chi connectivity index (χ1) is 11.4. The van der Waals surface area contributed by atoms with Crippen molar-refractivity contribution in [1.82, 2.24) is 10.3 Å². The van der Waals surface area contributed by atoms with Crippen molar-refractivity contribution in [3.63, 3.8) is 0 Å². The average Bonchev–Trinajstić information content (AvgIpc) is 2.92. The van der Waals surface area contributed by atoms with Gasteiger partial charge in [0.1, 0.15) is 17.7 Å². The molecule has 0 radical (unpaired) electrons. The maximum absolute atomic E-state index is 13.3. The minimum Gasteiger partial charge on any atom is -0.478 e. The first-order valence-corrected chi connectivity index (χ1v) is 8.23. The van der Waals surface area contributed by atoms with E-state index in [1.807, 2.05) is 6.92 Å². The van der Waals surface area contributed by atoms with Gasteiger partial charge in [0.25, 0.3) is 0 Å². The number of carboxylic acid groups (broad SMARTS) is 1. The van der Waals surface area contributed by atoms with Crippen LogP contribution in [0.2, 0.25) is 5.02 Å². The number of aliphatic imine (C=N–C) groups is 1. The molecule has 0 saturated heterocycles. The number of amidine groups is 1. The topological polar surface area (TPSA) is 74.6 Å². The molecule has 1 aliphatic heterocycles. The lowest BCUT2D eigenvalue weighted by molar-refractivity contribution is -0.133. The van der Waals surface area contributed by atoms with Crippen LogP contribution in [0.15, 0.2) is 40.7 Å². The number of allylic oxidation sites excluding steroid dienone is 1. The molecule has 2 aromatic rings. The Morgan fingerprint density at radius 1 is 1.42 bits per heavy atom. The molecule has 0 bridgehead atoms. The van der Waals surface area contributed by atoms with Crippen LogP contribution in [0.4, 0.5) is 4.39 Å². The van der Waals surface area contributed by atoms with E-state index in [0.29, 0.717) is 17.1 Å². The van der Waals surface area contributed by atoms with Gasteiger partial charge in [0, 0.05) is 22.5 Å². The Morgan fingerprint density at radius 3 is 2.75 bits per heavy atom. The zero-order valence-electron chi connectivity index (χ0n) is 12.8. The molecule has 1 unspecified atom stereocenters. The molecule has 2 N–H and O–H groups in total. The summed E-state index contributed by atoms with van der Waals surface area (Å²) in [6.07, 6.45) is 1.67. The van der Waals surface area contributed by atoms with Crippen LogP contribution < -0.4 is 5.32 Å². The summed E-state index contributed by atoms with van der Waals surface area (Å²) >= 11 is 7.57. The lowest BCUT2D eigenvalue weighted by Crippen LogP contribution is -2.31. The van der Waals surface area contributed by atoms with E-state index in [1.165, 1.54) is 23.5 Å². The molecule has 1 aromatic carbocycles. The summed E-state index contributed by atoms with van der Waals surface area (Å²) in [6, 6.07) is 3.03. The fraction of sp³-hybridized carbons (Fsp3) is 0.188. The smallest absolute Gasteiger partial charge is 0.335 e. The molecular formula is C16H13ClFN3O2S. The first-order valence-electron chi connectivity index (χ1n) is 7.03. The van der Waals surface area contributed by atoms with Crippen molar-refractivity contribution in [1.29, 1.82) is 0 Å². The highest BCUT2D eigenvalue weighted by Gasteiger charge is 2.31. The van der Waals surface area contributed by atoms with Gasteiger partial charge in [0.05, 0.1) is 15.5 Å². The molecule has 0 saturated carbocycles. The Kier molecular flexibility index (Phi) is 4.38. The van der Waals surface area contributed by atoms with E-state index in [-0.39, 0.29) is 10.6 Å². The number of hydrogen-bond donors (Lipinski definition) is 2. The van der Waals surface area contributed by atoms with Gasteiger partial charge in [-0.25, -0.2) is 14.2 Å². The third kappa shape index (κ3) is 3.05. The maximum atomic E-state index is 13.3. The highest BCUT2D eigenvalue weighted by atomic mass is 35.5. The molecule has 124 valence electrons. The molecular weight excluding hydrogens is 353 g/mol. The monoisotopic (exact) mass is 365 g/mol. The lowest BCUT2D eigenvalue weighted by Gasteiger charge is -2.25. The van der Waals surface area contributed by atoms with Crippen molar-refractivity contribution in [3.05, 3.63) is 62.0 Å². The Morgan fingerprint density at radius 2 is 2.17 bits per heavy atom. The zero-order chi connectivity index (χ0) is 17.4. The SMILES string of the molecule is CC1=C(C(=O)O)C(c2ccc(F)cc2Cl)N=C(c2cnc(C)s2)N1. The fourth-order valence-electron chi connectivity index (χ4n) is 2.50. The summed E-state index contributed by atoms with van der Waals surface area (Å²) in [7, 11) is 0. The number of nitrogens with one attached hydrogen (secondary N) is 1. The summed E-state index contributed by atoms with van der Waals surface area (Å²) < 4.78 is 13.3. The van der Waals surface area contributed by atoms with Crippen LogP contribution >= 0.6 is 22.9 Å². The number of nitrogens with zero attached hydrogens (tertiary/aromatic N) is 2.